The van der Waals surface area contributed by atoms with Crippen LogP contribution in [0.4, 0.5) is 0 Å². The van der Waals surface area contributed by atoms with Crippen LogP contribution in [0.15, 0.2) is 4.79 Å². The van der Waals surface area contributed by atoms with Gasteiger partial charge in [-0.2, -0.15) is 4.98 Å². The van der Waals surface area contributed by atoms with Gasteiger partial charge in [0.15, 0.2) is 0 Å². The van der Waals surface area contributed by atoms with Gasteiger partial charge in [-0.15, -0.1) is 0 Å². The first-order valence-electron chi connectivity index (χ1n) is 3.66. The van der Waals surface area contributed by atoms with Gasteiger partial charge in [-0.1, -0.05) is 20.8 Å². The van der Waals surface area contributed by atoms with Gasteiger partial charge in [0.25, 0.3) is 0 Å². The Morgan fingerprint density at radius 2 is 2.09 bits per heavy atom. The number of nitrogens with one attached hydrogen (secondary N) is 1. The highest BCUT2D eigenvalue weighted by Gasteiger charge is 2.13. The van der Waals surface area contributed by atoms with E-state index in [9.17, 15) is 4.79 Å². The number of hydrogen-bond donors (Lipinski definition) is 1. The Morgan fingerprint density at radius 1 is 1.45 bits per heavy atom. The third-order valence-corrected chi connectivity index (χ3v) is 2.79. The number of H-pyrrole nitrogens is 1. The smallest absolute Gasteiger partial charge is 0.260 e. The van der Waals surface area contributed by atoms with Gasteiger partial charge in [0, 0.05) is 5.92 Å². The monoisotopic (exact) mass is 172 g/mol. The topological polar surface area (TPSA) is 45.8 Å². The fourth-order valence-corrected chi connectivity index (χ4v) is 1.55. The predicted octanol–water partition coefficient (Wildman–Crippen LogP) is 1.59. The molecule has 3 nitrogen and oxygen atoms in total. The number of nitrogens with zero attached hydrogens (tertiary/aromatic N) is 1. The van der Waals surface area contributed by atoms with E-state index >= 15 is 0 Å². The van der Waals surface area contributed by atoms with Gasteiger partial charge in [-0.25, -0.2) is 4.79 Å². The highest BCUT2D eigenvalue weighted by atomic mass is 32.1. The summed E-state index contributed by atoms with van der Waals surface area (Å²) < 4.78 is 2.58. The van der Waals surface area contributed by atoms with E-state index in [-0.39, 0.29) is 5.69 Å². The fraction of sp³-hybridized carbons (Fsp3) is 0.714. The van der Waals surface area contributed by atoms with Crippen molar-refractivity contribution in [3.63, 3.8) is 0 Å². The lowest BCUT2D eigenvalue weighted by molar-refractivity contribution is 0.532. The second-order valence-corrected chi connectivity index (χ2v) is 3.82. The molecule has 0 aliphatic carbocycles. The molecule has 0 aliphatic heterocycles. The van der Waals surface area contributed by atoms with Gasteiger partial charge in [0.2, 0.25) is 0 Å². The van der Waals surface area contributed by atoms with Crippen molar-refractivity contribution in [2.24, 2.45) is 5.92 Å². The molecule has 0 saturated carbocycles. The molecule has 1 heterocycles. The van der Waals surface area contributed by atoms with Crippen LogP contribution < -0.4 is 5.69 Å². The Labute approximate surface area is 69.6 Å². The van der Waals surface area contributed by atoms with E-state index < -0.39 is 0 Å². The molecule has 1 aromatic heterocycles. The van der Waals surface area contributed by atoms with E-state index in [1.165, 1.54) is 11.5 Å². The minimum atomic E-state index is -0.225. The van der Waals surface area contributed by atoms with Gasteiger partial charge in [0.05, 0.1) is 0 Å². The van der Waals surface area contributed by atoms with E-state index in [0.29, 0.717) is 11.8 Å². The predicted molar refractivity (Wildman–Crippen MR) is 46.0 cm³/mol. The standard InChI is InChI=1S/C7H12N2OS/c1-4(2)5(3)6-8-7(10)9-11-6/h4-5H,1-3H3,(H,9,10). The van der Waals surface area contributed by atoms with Gasteiger partial charge in [-0.3, -0.25) is 4.37 Å². The van der Waals surface area contributed by atoms with E-state index in [0.717, 1.165) is 5.01 Å². The molecule has 0 spiro atoms. The van der Waals surface area contributed by atoms with Gasteiger partial charge >= 0.3 is 5.69 Å². The van der Waals surface area contributed by atoms with Gasteiger partial charge in [0.1, 0.15) is 5.01 Å². The molecule has 1 atom stereocenters. The molecule has 0 fully saturated rings. The van der Waals surface area contributed by atoms with Crippen LogP contribution in [0.2, 0.25) is 0 Å². The fourth-order valence-electron chi connectivity index (χ4n) is 0.722. The molecule has 1 rings (SSSR count). The second kappa shape index (κ2) is 3.17. The number of aromatic nitrogens is 2. The zero-order valence-electron chi connectivity index (χ0n) is 6.92. The normalized spacial score (nSPS) is 13.8. The van der Waals surface area contributed by atoms with Crippen molar-refractivity contribution < 1.29 is 0 Å². The molecule has 4 heteroatoms. The molecule has 1 aromatic rings. The Hall–Kier alpha value is -0.640. The quantitative estimate of drug-likeness (QED) is 0.736. The van der Waals surface area contributed by atoms with E-state index in [1.54, 1.807) is 0 Å². The first kappa shape index (κ1) is 8.46. The molecule has 62 valence electrons. The highest BCUT2D eigenvalue weighted by Crippen LogP contribution is 2.22. The Balaban J connectivity index is 2.84. The van der Waals surface area contributed by atoms with Crippen molar-refractivity contribution in [3.8, 4) is 0 Å². The SMILES string of the molecule is CC(C)C(C)c1nc(=O)[nH]s1. The van der Waals surface area contributed by atoms with Crippen LogP contribution in [0.25, 0.3) is 0 Å². The highest BCUT2D eigenvalue weighted by molar-refractivity contribution is 7.05. The van der Waals surface area contributed by atoms with Crippen LogP contribution in [0.3, 0.4) is 0 Å². The molecule has 0 aromatic carbocycles. The first-order chi connectivity index (χ1) is 5.11. The molecule has 1 unspecified atom stereocenters. The van der Waals surface area contributed by atoms with Crippen LogP contribution >= 0.6 is 11.5 Å². The summed E-state index contributed by atoms with van der Waals surface area (Å²) in [5.74, 6) is 0.910. The van der Waals surface area contributed by atoms with Crippen molar-refractivity contribution in [2.45, 2.75) is 26.7 Å². The molecule has 0 amide bonds. The van der Waals surface area contributed by atoms with Crippen LogP contribution in [-0.2, 0) is 0 Å². The molecule has 0 saturated heterocycles. The van der Waals surface area contributed by atoms with Crippen LogP contribution in [-0.4, -0.2) is 9.36 Å². The first-order valence-corrected chi connectivity index (χ1v) is 4.48. The maximum absolute atomic E-state index is 10.7. The lowest BCUT2D eigenvalue weighted by Gasteiger charge is -2.10. The zero-order valence-corrected chi connectivity index (χ0v) is 7.73. The summed E-state index contributed by atoms with van der Waals surface area (Å²) in [6.45, 7) is 6.32. The van der Waals surface area contributed by atoms with Crippen molar-refractivity contribution >= 4 is 11.5 Å². The molecule has 1 N–H and O–H groups in total. The van der Waals surface area contributed by atoms with Crippen molar-refractivity contribution in [1.29, 1.82) is 0 Å². The second-order valence-electron chi connectivity index (χ2n) is 2.99. The number of hydrogen-bond acceptors (Lipinski definition) is 3. The summed E-state index contributed by atoms with van der Waals surface area (Å²) in [5, 5.41) is 0.907. The molecule has 0 aliphatic rings. The molecular formula is C7H12N2OS. The average molecular weight is 172 g/mol. The number of aromatic amines is 1. The number of rotatable bonds is 2. The molecular weight excluding hydrogens is 160 g/mol. The summed E-state index contributed by atoms with van der Waals surface area (Å²) in [7, 11) is 0. The summed E-state index contributed by atoms with van der Waals surface area (Å²) in [4.78, 5) is 14.5. The molecule has 0 bridgehead atoms. The third-order valence-electron chi connectivity index (χ3n) is 1.84. The third kappa shape index (κ3) is 1.89. The zero-order chi connectivity index (χ0) is 8.43. The van der Waals surface area contributed by atoms with E-state index in [1.807, 2.05) is 0 Å². The van der Waals surface area contributed by atoms with E-state index in [4.69, 9.17) is 0 Å². The summed E-state index contributed by atoms with van der Waals surface area (Å²) in [6.07, 6.45) is 0. The molecule has 0 radical (unpaired) electrons. The van der Waals surface area contributed by atoms with E-state index in [2.05, 4.69) is 30.1 Å². The van der Waals surface area contributed by atoms with Crippen LogP contribution in [0, 0.1) is 5.92 Å². The Morgan fingerprint density at radius 3 is 2.45 bits per heavy atom. The minimum absolute atomic E-state index is 0.225. The lowest BCUT2D eigenvalue weighted by Crippen LogP contribution is -2.06. The minimum Gasteiger partial charge on any atom is -0.260 e. The van der Waals surface area contributed by atoms with Crippen LogP contribution in [0.1, 0.15) is 31.7 Å². The molecule has 11 heavy (non-hydrogen) atoms. The summed E-state index contributed by atoms with van der Waals surface area (Å²) >= 11 is 1.34. The van der Waals surface area contributed by atoms with Crippen molar-refractivity contribution in [2.75, 3.05) is 0 Å². The van der Waals surface area contributed by atoms with Gasteiger partial charge < -0.3 is 0 Å². The summed E-state index contributed by atoms with van der Waals surface area (Å²) in [6, 6.07) is 0. The van der Waals surface area contributed by atoms with Gasteiger partial charge in [-0.05, 0) is 17.5 Å². The summed E-state index contributed by atoms with van der Waals surface area (Å²) in [5.41, 5.74) is -0.225. The van der Waals surface area contributed by atoms with Crippen molar-refractivity contribution in [3.05, 3.63) is 15.5 Å². The Kier molecular flexibility index (Phi) is 2.44. The van der Waals surface area contributed by atoms with Crippen LogP contribution in [0.5, 0.6) is 0 Å². The van der Waals surface area contributed by atoms with Crippen molar-refractivity contribution in [1.82, 2.24) is 9.36 Å². The lowest BCUT2D eigenvalue weighted by atomic mass is 9.99. The Bertz CT molecular complexity index is 276. The average Bonchev–Trinajstić information content (AvgIpc) is 2.34. The maximum atomic E-state index is 10.7. The maximum Gasteiger partial charge on any atom is 0.355 e. The largest absolute Gasteiger partial charge is 0.355 e.